The van der Waals surface area contributed by atoms with Crippen molar-refractivity contribution in [3.05, 3.63) is 23.5 Å². The van der Waals surface area contributed by atoms with Gasteiger partial charge >= 0.3 is 5.97 Å². The third kappa shape index (κ3) is 2.95. The lowest BCUT2D eigenvalue weighted by atomic mass is 10.2. The fourth-order valence-corrected chi connectivity index (χ4v) is 1.54. The fraction of sp³-hybridized carbons (Fsp3) is 0.500. The summed E-state index contributed by atoms with van der Waals surface area (Å²) in [6.07, 6.45) is 3.57. The summed E-state index contributed by atoms with van der Waals surface area (Å²) < 4.78 is 0. The van der Waals surface area contributed by atoms with Crippen LogP contribution < -0.4 is 4.90 Å². The first-order valence-electron chi connectivity index (χ1n) is 5.47. The average molecular weight is 222 g/mol. The first-order chi connectivity index (χ1) is 7.56. The molecule has 0 amide bonds. The maximum absolute atomic E-state index is 11.0. The first-order valence-corrected chi connectivity index (χ1v) is 5.47. The summed E-state index contributed by atoms with van der Waals surface area (Å²) in [6, 6.07) is 1.82. The van der Waals surface area contributed by atoms with E-state index in [2.05, 4.69) is 11.9 Å². The van der Waals surface area contributed by atoms with Crippen molar-refractivity contribution >= 4 is 11.7 Å². The topological polar surface area (TPSA) is 53.4 Å². The number of rotatable bonds is 5. The highest BCUT2D eigenvalue weighted by atomic mass is 16.4. The second-order valence-electron chi connectivity index (χ2n) is 3.92. The van der Waals surface area contributed by atoms with E-state index in [0.717, 1.165) is 30.8 Å². The normalized spacial score (nSPS) is 10.2. The Morgan fingerprint density at radius 3 is 2.81 bits per heavy atom. The van der Waals surface area contributed by atoms with Gasteiger partial charge in [0.05, 0.1) is 5.69 Å². The van der Waals surface area contributed by atoms with Crippen molar-refractivity contribution in [2.45, 2.75) is 26.7 Å². The summed E-state index contributed by atoms with van der Waals surface area (Å²) in [5, 5.41) is 9.06. The van der Waals surface area contributed by atoms with Crippen LogP contribution in [0, 0.1) is 6.92 Å². The molecular formula is C12H18N2O2. The molecule has 1 aromatic heterocycles. The van der Waals surface area contributed by atoms with Crippen molar-refractivity contribution in [1.82, 2.24) is 4.98 Å². The van der Waals surface area contributed by atoms with Gasteiger partial charge in [0.15, 0.2) is 0 Å². The van der Waals surface area contributed by atoms with E-state index in [1.165, 1.54) is 6.20 Å². The summed E-state index contributed by atoms with van der Waals surface area (Å²) in [6.45, 7) is 4.84. The van der Waals surface area contributed by atoms with E-state index in [-0.39, 0.29) is 5.56 Å². The maximum atomic E-state index is 11.0. The van der Waals surface area contributed by atoms with Crippen LogP contribution in [0.25, 0.3) is 0 Å². The second-order valence-corrected chi connectivity index (χ2v) is 3.92. The van der Waals surface area contributed by atoms with E-state index < -0.39 is 5.97 Å². The van der Waals surface area contributed by atoms with Crippen LogP contribution in [0.3, 0.4) is 0 Å². The van der Waals surface area contributed by atoms with Gasteiger partial charge in [-0.05, 0) is 19.4 Å². The number of carboxylic acids is 1. The molecule has 1 N–H and O–H groups in total. The molecule has 0 spiro atoms. The summed E-state index contributed by atoms with van der Waals surface area (Å²) in [4.78, 5) is 17.0. The molecule has 0 saturated carbocycles. The number of nitrogens with zero attached hydrogens (tertiary/aromatic N) is 2. The van der Waals surface area contributed by atoms with E-state index in [4.69, 9.17) is 5.11 Å². The number of pyridine rings is 1. The molecule has 0 unspecified atom stereocenters. The van der Waals surface area contributed by atoms with Gasteiger partial charge in [0.1, 0.15) is 5.56 Å². The molecule has 0 aliphatic carbocycles. The molecule has 0 aliphatic rings. The quantitative estimate of drug-likeness (QED) is 0.830. The van der Waals surface area contributed by atoms with E-state index in [9.17, 15) is 4.79 Å². The van der Waals surface area contributed by atoms with Gasteiger partial charge < -0.3 is 10.0 Å². The Labute approximate surface area is 95.9 Å². The molecule has 1 rings (SSSR count). The molecule has 1 heterocycles. The molecule has 0 atom stereocenters. The Hall–Kier alpha value is -1.58. The number of hydrogen-bond acceptors (Lipinski definition) is 3. The number of carboxylic acid groups (broad SMARTS) is 1. The zero-order valence-electron chi connectivity index (χ0n) is 10.0. The van der Waals surface area contributed by atoms with Gasteiger partial charge in [-0.1, -0.05) is 13.3 Å². The molecular weight excluding hydrogens is 204 g/mol. The lowest BCUT2D eigenvalue weighted by molar-refractivity contribution is 0.0697. The largest absolute Gasteiger partial charge is 0.478 e. The minimum atomic E-state index is -0.925. The molecule has 0 aliphatic heterocycles. The Balaban J connectivity index is 2.99. The van der Waals surface area contributed by atoms with Gasteiger partial charge in [0.25, 0.3) is 0 Å². The Morgan fingerprint density at radius 2 is 2.25 bits per heavy atom. The second kappa shape index (κ2) is 5.49. The number of anilines is 1. The minimum absolute atomic E-state index is 0.268. The maximum Gasteiger partial charge on any atom is 0.339 e. The third-order valence-electron chi connectivity index (χ3n) is 2.51. The number of aryl methyl sites for hydroxylation is 1. The van der Waals surface area contributed by atoms with E-state index >= 15 is 0 Å². The van der Waals surface area contributed by atoms with Crippen molar-refractivity contribution in [2.24, 2.45) is 0 Å². The molecule has 0 bridgehead atoms. The van der Waals surface area contributed by atoms with Gasteiger partial charge in [0, 0.05) is 25.5 Å². The van der Waals surface area contributed by atoms with Gasteiger partial charge in [-0.3, -0.25) is 4.98 Å². The molecule has 88 valence electrons. The molecule has 0 radical (unpaired) electrons. The molecule has 4 heteroatoms. The van der Waals surface area contributed by atoms with Crippen LogP contribution in [-0.4, -0.2) is 29.7 Å². The molecule has 0 saturated heterocycles. The van der Waals surface area contributed by atoms with Crippen LogP contribution in [0.2, 0.25) is 0 Å². The Kier molecular flexibility index (Phi) is 4.28. The van der Waals surface area contributed by atoms with Crippen LogP contribution in [-0.2, 0) is 0 Å². The summed E-state index contributed by atoms with van der Waals surface area (Å²) in [5.74, 6) is -0.925. The Bertz CT molecular complexity index is 377. The van der Waals surface area contributed by atoms with Gasteiger partial charge in [-0.15, -0.1) is 0 Å². The SMILES string of the molecule is CCCCN(C)c1cc(C)ncc1C(=O)O. The molecule has 0 aromatic carbocycles. The predicted molar refractivity (Wildman–Crippen MR) is 64.1 cm³/mol. The van der Waals surface area contributed by atoms with E-state index in [1.807, 2.05) is 24.9 Å². The van der Waals surface area contributed by atoms with E-state index in [1.54, 1.807) is 0 Å². The molecule has 1 aromatic rings. The Morgan fingerprint density at radius 1 is 1.56 bits per heavy atom. The van der Waals surface area contributed by atoms with Crippen molar-refractivity contribution in [2.75, 3.05) is 18.5 Å². The van der Waals surface area contributed by atoms with Gasteiger partial charge in [-0.25, -0.2) is 4.79 Å². The number of unbranched alkanes of at least 4 members (excludes halogenated alkanes) is 1. The minimum Gasteiger partial charge on any atom is -0.478 e. The zero-order valence-corrected chi connectivity index (χ0v) is 10.0. The number of carbonyl (C=O) groups is 1. The molecule has 0 fully saturated rings. The van der Waals surface area contributed by atoms with Crippen molar-refractivity contribution < 1.29 is 9.90 Å². The van der Waals surface area contributed by atoms with Crippen molar-refractivity contribution in [3.8, 4) is 0 Å². The lowest BCUT2D eigenvalue weighted by Gasteiger charge is -2.21. The fourth-order valence-electron chi connectivity index (χ4n) is 1.54. The van der Waals surface area contributed by atoms with E-state index in [0.29, 0.717) is 0 Å². The van der Waals surface area contributed by atoms with Gasteiger partial charge in [0.2, 0.25) is 0 Å². The number of aromatic carboxylic acids is 1. The predicted octanol–water partition coefficient (Wildman–Crippen LogP) is 2.32. The van der Waals surface area contributed by atoms with Crippen LogP contribution in [0.15, 0.2) is 12.3 Å². The highest BCUT2D eigenvalue weighted by Crippen LogP contribution is 2.20. The van der Waals surface area contributed by atoms with Crippen LogP contribution >= 0.6 is 0 Å². The summed E-state index contributed by atoms with van der Waals surface area (Å²) in [7, 11) is 1.91. The monoisotopic (exact) mass is 222 g/mol. The standard InChI is InChI=1S/C12H18N2O2/c1-4-5-6-14(3)11-7-9(2)13-8-10(11)12(15)16/h7-8H,4-6H2,1-3H3,(H,15,16). The first kappa shape index (κ1) is 12.5. The van der Waals surface area contributed by atoms with Crippen LogP contribution in [0.5, 0.6) is 0 Å². The smallest absolute Gasteiger partial charge is 0.339 e. The van der Waals surface area contributed by atoms with Crippen LogP contribution in [0.1, 0.15) is 35.8 Å². The zero-order chi connectivity index (χ0) is 12.1. The molecule has 4 nitrogen and oxygen atoms in total. The summed E-state index contributed by atoms with van der Waals surface area (Å²) >= 11 is 0. The van der Waals surface area contributed by atoms with Crippen molar-refractivity contribution in [1.29, 1.82) is 0 Å². The van der Waals surface area contributed by atoms with Crippen molar-refractivity contribution in [3.63, 3.8) is 0 Å². The average Bonchev–Trinajstić information content (AvgIpc) is 2.25. The lowest BCUT2D eigenvalue weighted by Crippen LogP contribution is -2.21. The number of hydrogen-bond donors (Lipinski definition) is 1. The highest BCUT2D eigenvalue weighted by Gasteiger charge is 2.13. The van der Waals surface area contributed by atoms with Gasteiger partial charge in [-0.2, -0.15) is 0 Å². The number of aromatic nitrogens is 1. The third-order valence-corrected chi connectivity index (χ3v) is 2.51. The summed E-state index contributed by atoms with van der Waals surface area (Å²) in [5.41, 5.74) is 1.85. The van der Waals surface area contributed by atoms with Crippen LogP contribution in [0.4, 0.5) is 5.69 Å². The molecule has 16 heavy (non-hydrogen) atoms. The highest BCUT2D eigenvalue weighted by molar-refractivity contribution is 5.94.